The topological polar surface area (TPSA) is 50.4 Å². The van der Waals surface area contributed by atoms with E-state index in [-0.39, 0.29) is 16.0 Å². The number of thiophene rings is 1. The Morgan fingerprint density at radius 2 is 2.20 bits per heavy atom. The molecule has 0 aliphatic carbocycles. The lowest BCUT2D eigenvalue weighted by Crippen LogP contribution is -2.21. The van der Waals surface area contributed by atoms with E-state index in [1.54, 1.807) is 0 Å². The monoisotopic (exact) mass is 257 g/mol. The Balaban J connectivity index is 2.97. The van der Waals surface area contributed by atoms with Gasteiger partial charge in [-0.3, -0.25) is 4.99 Å². The molecule has 0 spiro atoms. The molecule has 84 valence electrons. The number of nitrogens with two attached hydrogens (primary N) is 1. The van der Waals surface area contributed by atoms with Gasteiger partial charge in [-0.1, -0.05) is 11.6 Å². The summed E-state index contributed by atoms with van der Waals surface area (Å²) in [7, 11) is 1.41. The smallest absolute Gasteiger partial charge is 0.370 e. The first-order valence-corrected chi connectivity index (χ1v) is 4.90. The van der Waals surface area contributed by atoms with Gasteiger partial charge in [-0.2, -0.15) is 13.2 Å². The third-order valence-electron chi connectivity index (χ3n) is 1.47. The van der Waals surface area contributed by atoms with Crippen LogP contribution in [-0.4, -0.2) is 13.0 Å². The van der Waals surface area contributed by atoms with Gasteiger partial charge in [-0.15, -0.1) is 11.3 Å². The SMILES string of the molecule is CN=C(N)Nc1cc(C(F)(F)F)sc1Cl. The summed E-state index contributed by atoms with van der Waals surface area (Å²) in [6.45, 7) is 0. The molecule has 0 radical (unpaired) electrons. The predicted octanol–water partition coefficient (Wildman–Crippen LogP) is 2.78. The quantitative estimate of drug-likeness (QED) is 0.600. The van der Waals surface area contributed by atoms with E-state index in [0.717, 1.165) is 6.07 Å². The molecule has 1 rings (SSSR count). The maximum absolute atomic E-state index is 12.3. The molecular formula is C7H7ClF3N3S. The molecule has 1 heterocycles. The first-order valence-electron chi connectivity index (χ1n) is 3.70. The van der Waals surface area contributed by atoms with Crippen molar-refractivity contribution in [1.29, 1.82) is 0 Å². The van der Waals surface area contributed by atoms with Crippen LogP contribution in [-0.2, 0) is 6.18 Å². The predicted molar refractivity (Wildman–Crippen MR) is 55.5 cm³/mol. The normalized spacial score (nSPS) is 13.0. The standard InChI is InChI=1S/C7H7ClF3N3S/c1-13-6(12)14-3-2-4(7(9,10)11)15-5(3)8/h2H,1H3,(H3,12,13,14). The number of alkyl halides is 3. The molecule has 1 aromatic rings. The van der Waals surface area contributed by atoms with Crippen LogP contribution in [0, 0.1) is 0 Å². The molecule has 0 amide bonds. The molecule has 0 aliphatic rings. The zero-order valence-electron chi connectivity index (χ0n) is 7.52. The summed E-state index contributed by atoms with van der Waals surface area (Å²) in [5.41, 5.74) is 5.40. The molecule has 0 saturated heterocycles. The summed E-state index contributed by atoms with van der Waals surface area (Å²) in [4.78, 5) is 2.77. The Labute approximate surface area is 92.8 Å². The van der Waals surface area contributed by atoms with E-state index in [9.17, 15) is 13.2 Å². The highest BCUT2D eigenvalue weighted by Crippen LogP contribution is 2.41. The minimum Gasteiger partial charge on any atom is -0.370 e. The van der Waals surface area contributed by atoms with E-state index in [0.29, 0.717) is 11.3 Å². The molecule has 0 saturated carbocycles. The van der Waals surface area contributed by atoms with Crippen LogP contribution in [0.3, 0.4) is 0 Å². The third kappa shape index (κ3) is 3.00. The molecule has 15 heavy (non-hydrogen) atoms. The van der Waals surface area contributed by atoms with E-state index in [4.69, 9.17) is 17.3 Å². The van der Waals surface area contributed by atoms with Crippen molar-refractivity contribution in [2.45, 2.75) is 6.18 Å². The fourth-order valence-electron chi connectivity index (χ4n) is 0.788. The number of halogens is 4. The molecular weight excluding hydrogens is 251 g/mol. The molecule has 0 unspecified atom stereocenters. The highest BCUT2D eigenvalue weighted by molar-refractivity contribution is 7.17. The van der Waals surface area contributed by atoms with Gasteiger partial charge in [0.15, 0.2) is 5.96 Å². The third-order valence-corrected chi connectivity index (χ3v) is 2.87. The lowest BCUT2D eigenvalue weighted by Gasteiger charge is -2.02. The van der Waals surface area contributed by atoms with Crippen LogP contribution in [0.1, 0.15) is 4.88 Å². The largest absolute Gasteiger partial charge is 0.425 e. The van der Waals surface area contributed by atoms with Crippen molar-refractivity contribution in [2.24, 2.45) is 10.7 Å². The van der Waals surface area contributed by atoms with E-state index in [1.807, 2.05) is 0 Å². The summed E-state index contributed by atoms with van der Waals surface area (Å²) < 4.78 is 36.8. The molecule has 3 nitrogen and oxygen atoms in total. The number of guanidine groups is 1. The van der Waals surface area contributed by atoms with Crippen molar-refractivity contribution in [3.8, 4) is 0 Å². The molecule has 0 fully saturated rings. The maximum atomic E-state index is 12.3. The summed E-state index contributed by atoms with van der Waals surface area (Å²) in [5.74, 6) is 0.00317. The van der Waals surface area contributed by atoms with Gasteiger partial charge < -0.3 is 11.1 Å². The number of anilines is 1. The summed E-state index contributed by atoms with van der Waals surface area (Å²) in [6, 6.07) is 0.894. The van der Waals surface area contributed by atoms with Crippen molar-refractivity contribution in [3.63, 3.8) is 0 Å². The zero-order chi connectivity index (χ0) is 11.6. The molecule has 0 bridgehead atoms. The van der Waals surface area contributed by atoms with Crippen molar-refractivity contribution < 1.29 is 13.2 Å². The molecule has 8 heteroatoms. The van der Waals surface area contributed by atoms with Crippen LogP contribution in [0.25, 0.3) is 0 Å². The van der Waals surface area contributed by atoms with Crippen molar-refractivity contribution in [1.82, 2.24) is 0 Å². The van der Waals surface area contributed by atoms with E-state index in [2.05, 4.69) is 10.3 Å². The number of aliphatic imine (C=N–C) groups is 1. The lowest BCUT2D eigenvalue weighted by molar-refractivity contribution is -0.134. The molecule has 1 aromatic heterocycles. The molecule has 0 aromatic carbocycles. The highest BCUT2D eigenvalue weighted by atomic mass is 35.5. The Morgan fingerprint density at radius 3 is 2.60 bits per heavy atom. The van der Waals surface area contributed by atoms with Crippen LogP contribution in [0.4, 0.5) is 18.9 Å². The molecule has 0 atom stereocenters. The Morgan fingerprint density at radius 1 is 1.60 bits per heavy atom. The first-order chi connectivity index (χ1) is 6.84. The van der Waals surface area contributed by atoms with Gasteiger partial charge in [0.25, 0.3) is 0 Å². The minimum atomic E-state index is -4.40. The Bertz CT molecular complexity index is 385. The average Bonchev–Trinajstić information content (AvgIpc) is 2.47. The van der Waals surface area contributed by atoms with Crippen LogP contribution in [0.2, 0.25) is 4.34 Å². The number of hydrogen-bond donors (Lipinski definition) is 2. The summed E-state index contributed by atoms with van der Waals surface area (Å²) in [5, 5.41) is 2.46. The second-order valence-electron chi connectivity index (χ2n) is 2.53. The minimum absolute atomic E-state index is 0.00317. The molecule has 3 N–H and O–H groups in total. The fraction of sp³-hybridized carbons (Fsp3) is 0.286. The van der Waals surface area contributed by atoms with E-state index >= 15 is 0 Å². The van der Waals surface area contributed by atoms with E-state index < -0.39 is 11.1 Å². The zero-order valence-corrected chi connectivity index (χ0v) is 9.09. The van der Waals surface area contributed by atoms with Gasteiger partial charge in [-0.05, 0) is 6.07 Å². The fourth-order valence-corrected chi connectivity index (χ4v) is 1.84. The van der Waals surface area contributed by atoms with E-state index in [1.165, 1.54) is 7.05 Å². The number of rotatable bonds is 1. The van der Waals surface area contributed by atoms with Crippen LogP contribution in [0.15, 0.2) is 11.1 Å². The number of nitrogens with zero attached hydrogens (tertiary/aromatic N) is 1. The first kappa shape index (κ1) is 12.1. The van der Waals surface area contributed by atoms with Gasteiger partial charge in [0, 0.05) is 7.05 Å². The van der Waals surface area contributed by atoms with Crippen LogP contribution < -0.4 is 11.1 Å². The second-order valence-corrected chi connectivity index (χ2v) is 4.18. The van der Waals surface area contributed by atoms with Crippen LogP contribution >= 0.6 is 22.9 Å². The van der Waals surface area contributed by atoms with Gasteiger partial charge in [-0.25, -0.2) is 0 Å². The maximum Gasteiger partial charge on any atom is 0.425 e. The summed E-state index contributed by atoms with van der Waals surface area (Å²) >= 11 is 6.04. The lowest BCUT2D eigenvalue weighted by atomic mass is 10.4. The molecule has 0 aliphatic heterocycles. The van der Waals surface area contributed by atoms with Gasteiger partial charge in [0.2, 0.25) is 0 Å². The van der Waals surface area contributed by atoms with Crippen LogP contribution in [0.5, 0.6) is 0 Å². The Hall–Kier alpha value is -0.950. The van der Waals surface area contributed by atoms with Gasteiger partial charge in [0.05, 0.1) is 5.69 Å². The van der Waals surface area contributed by atoms with Crippen molar-refractivity contribution >= 4 is 34.6 Å². The number of hydrogen-bond acceptors (Lipinski definition) is 2. The van der Waals surface area contributed by atoms with Gasteiger partial charge in [0.1, 0.15) is 9.21 Å². The Kier molecular flexibility index (Phi) is 3.46. The summed E-state index contributed by atoms with van der Waals surface area (Å²) in [6.07, 6.45) is -4.40. The average molecular weight is 258 g/mol. The number of nitrogens with one attached hydrogen (secondary N) is 1. The van der Waals surface area contributed by atoms with Gasteiger partial charge >= 0.3 is 6.18 Å². The van der Waals surface area contributed by atoms with Crippen molar-refractivity contribution in [3.05, 3.63) is 15.3 Å². The highest BCUT2D eigenvalue weighted by Gasteiger charge is 2.33. The van der Waals surface area contributed by atoms with Crippen molar-refractivity contribution in [2.75, 3.05) is 12.4 Å². The second kappa shape index (κ2) is 4.28.